The summed E-state index contributed by atoms with van der Waals surface area (Å²) in [6.07, 6.45) is 5.82. The van der Waals surface area contributed by atoms with Gasteiger partial charge in [-0.15, -0.1) is 0 Å². The normalized spacial score (nSPS) is 23.5. The molecule has 2 fully saturated rings. The molecule has 2 unspecified atom stereocenters. The van der Waals surface area contributed by atoms with Crippen LogP contribution in [-0.2, 0) is 27.8 Å². The van der Waals surface area contributed by atoms with Gasteiger partial charge in [0.05, 0.1) is 38.2 Å². The van der Waals surface area contributed by atoms with Crippen molar-refractivity contribution in [1.82, 2.24) is 19.4 Å². The van der Waals surface area contributed by atoms with E-state index in [-0.39, 0.29) is 18.0 Å². The third kappa shape index (κ3) is 4.12. The van der Waals surface area contributed by atoms with Gasteiger partial charge in [0.2, 0.25) is 0 Å². The highest BCUT2D eigenvalue weighted by Crippen LogP contribution is 2.33. The van der Waals surface area contributed by atoms with Crippen LogP contribution in [0.2, 0.25) is 0 Å². The molecule has 5 rings (SSSR count). The molecular formula is C25H32N4O4. The fourth-order valence-corrected chi connectivity index (χ4v) is 5.23. The smallest absolute Gasteiger partial charge is 0.340 e. The predicted octanol–water partition coefficient (Wildman–Crippen LogP) is 0.446. The van der Waals surface area contributed by atoms with E-state index in [2.05, 4.69) is 38.5 Å². The van der Waals surface area contributed by atoms with E-state index in [0.29, 0.717) is 38.7 Å². The van der Waals surface area contributed by atoms with Gasteiger partial charge < -0.3 is 18.8 Å². The minimum Gasteiger partial charge on any atom is -0.462 e. The summed E-state index contributed by atoms with van der Waals surface area (Å²) in [5.41, 5.74) is 3.93. The van der Waals surface area contributed by atoms with E-state index in [0.717, 1.165) is 47.0 Å². The van der Waals surface area contributed by atoms with Crippen molar-refractivity contribution in [2.75, 3.05) is 53.2 Å². The van der Waals surface area contributed by atoms with Crippen molar-refractivity contribution in [3.8, 4) is 0 Å². The predicted molar refractivity (Wildman–Crippen MR) is 124 cm³/mol. The summed E-state index contributed by atoms with van der Waals surface area (Å²) in [5.74, 6) is -0.222. The van der Waals surface area contributed by atoms with Crippen molar-refractivity contribution < 1.29 is 19.0 Å². The van der Waals surface area contributed by atoms with E-state index >= 15 is 0 Å². The zero-order valence-corrected chi connectivity index (χ0v) is 19.6. The zero-order valence-electron chi connectivity index (χ0n) is 19.6. The Morgan fingerprint density at radius 3 is 2.82 bits per heavy atom. The van der Waals surface area contributed by atoms with E-state index in [1.165, 1.54) is 0 Å². The largest absolute Gasteiger partial charge is 0.462 e. The molecule has 2 aromatic rings. The summed E-state index contributed by atoms with van der Waals surface area (Å²) in [5, 5.41) is 2.04. The molecule has 2 saturated heterocycles. The molecule has 176 valence electrons. The fraction of sp³-hybridized carbons (Fsp3) is 0.520. The third-order valence-electron chi connectivity index (χ3n) is 6.83. The molecule has 33 heavy (non-hydrogen) atoms. The number of hydrogen-bond donors (Lipinski definition) is 0. The van der Waals surface area contributed by atoms with E-state index in [1.54, 1.807) is 6.20 Å². The van der Waals surface area contributed by atoms with Gasteiger partial charge in [0.1, 0.15) is 0 Å². The van der Waals surface area contributed by atoms with Crippen LogP contribution in [0.4, 0.5) is 0 Å². The minimum absolute atomic E-state index is 0.0368. The van der Waals surface area contributed by atoms with Crippen molar-refractivity contribution in [2.45, 2.75) is 25.5 Å². The lowest BCUT2D eigenvalue weighted by molar-refractivity contribution is -0.0117. The van der Waals surface area contributed by atoms with E-state index < -0.39 is 0 Å². The zero-order chi connectivity index (χ0) is 22.9. The summed E-state index contributed by atoms with van der Waals surface area (Å²) in [6.45, 7) is 7.31. The molecule has 8 nitrogen and oxygen atoms in total. The molecule has 3 aliphatic rings. The molecule has 2 aliphatic heterocycles. The maximum Gasteiger partial charge on any atom is 0.340 e. The van der Waals surface area contributed by atoms with Gasteiger partial charge in [-0.25, -0.2) is 4.79 Å². The van der Waals surface area contributed by atoms with E-state index in [4.69, 9.17) is 14.2 Å². The number of carbonyl (C=O) groups is 1. The topological polar surface area (TPSA) is 69.1 Å². The van der Waals surface area contributed by atoms with Gasteiger partial charge in [0.25, 0.3) is 0 Å². The van der Waals surface area contributed by atoms with Crippen LogP contribution in [0.15, 0.2) is 24.5 Å². The fourth-order valence-electron chi connectivity index (χ4n) is 5.23. The Morgan fingerprint density at radius 2 is 2.09 bits per heavy atom. The number of aromatic nitrogens is 2. The molecular weight excluding hydrogens is 420 g/mol. The SMILES string of the molecule is CCOC(=O)c1c(CN2CCOCC2)n(C)c2c1=C1CN(C)COC1C(c1cccnc1)C=2. The number of nitrogens with zero attached hydrogens (tertiary/aromatic N) is 4. The molecule has 0 aromatic carbocycles. The number of esters is 1. The molecule has 8 heteroatoms. The Kier molecular flexibility index (Phi) is 6.34. The van der Waals surface area contributed by atoms with E-state index in [9.17, 15) is 4.79 Å². The first-order chi connectivity index (χ1) is 16.1. The van der Waals surface area contributed by atoms with Crippen LogP contribution in [0.5, 0.6) is 0 Å². The van der Waals surface area contributed by atoms with Crippen molar-refractivity contribution >= 4 is 17.6 Å². The molecule has 0 radical (unpaired) electrons. The van der Waals surface area contributed by atoms with Gasteiger partial charge in [0.15, 0.2) is 0 Å². The Morgan fingerprint density at radius 1 is 1.27 bits per heavy atom. The summed E-state index contributed by atoms with van der Waals surface area (Å²) < 4.78 is 19.6. The van der Waals surface area contributed by atoms with Crippen LogP contribution in [0.1, 0.15) is 34.5 Å². The second kappa shape index (κ2) is 9.38. The molecule has 2 aromatic heterocycles. The minimum atomic E-state index is -0.259. The van der Waals surface area contributed by atoms with Gasteiger partial charge >= 0.3 is 5.97 Å². The summed E-state index contributed by atoms with van der Waals surface area (Å²) in [6, 6.07) is 4.06. The standard InChI is InChI=1S/C25H32N4O4/c1-4-32-25(30)23-21(15-29-8-10-31-11-9-29)28(3)20-12-18(17-6-5-7-26-13-17)24-19(22(20)23)14-27(2)16-33-24/h5-7,12-13,18,24H,4,8-11,14-16H2,1-3H3. The number of morpholine rings is 1. The number of ether oxygens (including phenoxy) is 3. The summed E-state index contributed by atoms with van der Waals surface area (Å²) >= 11 is 0. The molecule has 1 aliphatic carbocycles. The molecule has 0 bridgehead atoms. The molecule has 0 amide bonds. The van der Waals surface area contributed by atoms with Gasteiger partial charge in [0, 0.05) is 67.8 Å². The molecule has 0 saturated carbocycles. The lowest BCUT2D eigenvalue weighted by Gasteiger charge is -2.37. The molecule has 4 heterocycles. The van der Waals surface area contributed by atoms with Crippen molar-refractivity contribution in [3.05, 3.63) is 51.9 Å². The number of rotatable bonds is 5. The van der Waals surface area contributed by atoms with Crippen molar-refractivity contribution in [2.24, 2.45) is 7.05 Å². The van der Waals surface area contributed by atoms with Crippen molar-refractivity contribution in [1.29, 1.82) is 0 Å². The van der Waals surface area contributed by atoms with E-state index in [1.807, 2.05) is 26.2 Å². The van der Waals surface area contributed by atoms with Crippen LogP contribution in [0, 0.1) is 0 Å². The lowest BCUT2D eigenvalue weighted by Crippen LogP contribution is -2.49. The van der Waals surface area contributed by atoms with Gasteiger partial charge in [-0.1, -0.05) is 6.07 Å². The van der Waals surface area contributed by atoms with Crippen LogP contribution >= 0.6 is 0 Å². The summed E-state index contributed by atoms with van der Waals surface area (Å²) in [7, 11) is 4.10. The number of hydrogen-bond acceptors (Lipinski definition) is 7. The van der Waals surface area contributed by atoms with Crippen LogP contribution < -0.4 is 10.6 Å². The first kappa shape index (κ1) is 22.3. The average Bonchev–Trinajstić information content (AvgIpc) is 3.11. The van der Waals surface area contributed by atoms with Gasteiger partial charge in [-0.3, -0.25) is 14.8 Å². The second-order valence-electron chi connectivity index (χ2n) is 8.98. The second-order valence-corrected chi connectivity index (χ2v) is 8.98. The molecule has 0 N–H and O–H groups in total. The monoisotopic (exact) mass is 452 g/mol. The Labute approximate surface area is 194 Å². The lowest BCUT2D eigenvalue weighted by atomic mass is 9.84. The Balaban J connectivity index is 1.73. The Bertz CT molecular complexity index is 1140. The number of fused-ring (bicyclic) bond motifs is 2. The average molecular weight is 453 g/mol. The third-order valence-corrected chi connectivity index (χ3v) is 6.83. The quantitative estimate of drug-likeness (QED) is 0.610. The highest BCUT2D eigenvalue weighted by Gasteiger charge is 2.37. The van der Waals surface area contributed by atoms with Crippen LogP contribution in [0.3, 0.4) is 0 Å². The van der Waals surface area contributed by atoms with Crippen LogP contribution in [-0.4, -0.2) is 84.7 Å². The van der Waals surface area contributed by atoms with Crippen LogP contribution in [0.25, 0.3) is 11.6 Å². The van der Waals surface area contributed by atoms with Gasteiger partial charge in [-0.2, -0.15) is 0 Å². The summed E-state index contributed by atoms with van der Waals surface area (Å²) in [4.78, 5) is 22.2. The maximum atomic E-state index is 13.3. The number of carbonyl (C=O) groups excluding carboxylic acids is 1. The van der Waals surface area contributed by atoms with Crippen molar-refractivity contribution in [3.63, 3.8) is 0 Å². The molecule has 0 spiro atoms. The Hall–Kier alpha value is -2.52. The first-order valence-electron chi connectivity index (χ1n) is 11.7. The number of pyridine rings is 1. The highest BCUT2D eigenvalue weighted by molar-refractivity contribution is 5.92. The first-order valence-corrected chi connectivity index (χ1v) is 11.7. The van der Waals surface area contributed by atoms with Gasteiger partial charge in [-0.05, 0) is 37.3 Å². The maximum absolute atomic E-state index is 13.3. The molecule has 2 atom stereocenters. The highest BCUT2D eigenvalue weighted by atomic mass is 16.5.